The normalized spacial score (nSPS) is 23.7. The Kier molecular flexibility index (Phi) is 4.20. The van der Waals surface area contributed by atoms with Gasteiger partial charge in [0.2, 0.25) is 0 Å². The van der Waals surface area contributed by atoms with Crippen LogP contribution in [0.3, 0.4) is 0 Å². The maximum absolute atomic E-state index is 13.0. The highest BCUT2D eigenvalue weighted by atomic mass is 79.9. The van der Waals surface area contributed by atoms with Crippen LogP contribution in [-0.4, -0.2) is 28.0 Å². The summed E-state index contributed by atoms with van der Waals surface area (Å²) in [5, 5.41) is 0. The van der Waals surface area contributed by atoms with Crippen molar-refractivity contribution in [1.82, 2.24) is 9.47 Å². The summed E-state index contributed by atoms with van der Waals surface area (Å²) in [4.78, 5) is 15.1. The minimum absolute atomic E-state index is 0.233. The molecule has 1 atom stereocenters. The van der Waals surface area contributed by atoms with Crippen LogP contribution in [0.15, 0.2) is 16.7 Å². The van der Waals surface area contributed by atoms with Crippen molar-refractivity contribution in [2.24, 2.45) is 0 Å². The fourth-order valence-corrected chi connectivity index (χ4v) is 3.73. The molecule has 0 N–H and O–H groups in total. The van der Waals surface area contributed by atoms with E-state index in [9.17, 15) is 4.79 Å². The number of halogens is 1. The Bertz CT molecular complexity index is 493. The lowest BCUT2D eigenvalue weighted by Gasteiger charge is -2.29. The lowest BCUT2D eigenvalue weighted by molar-refractivity contribution is 0.0667. The van der Waals surface area contributed by atoms with E-state index in [0.717, 1.165) is 36.0 Å². The van der Waals surface area contributed by atoms with Crippen LogP contribution in [0.25, 0.3) is 0 Å². The predicted molar refractivity (Wildman–Crippen MR) is 84.0 cm³/mol. The molecular weight excluding hydrogens is 316 g/mol. The van der Waals surface area contributed by atoms with Gasteiger partial charge in [-0.25, -0.2) is 0 Å². The SMILES string of the molecule is CCC1CCCCCN1C(=O)c1cc(Br)cn1C1CC1. The highest BCUT2D eigenvalue weighted by molar-refractivity contribution is 9.10. The number of hydrogen-bond donors (Lipinski definition) is 0. The number of hydrogen-bond acceptors (Lipinski definition) is 1. The third kappa shape index (κ3) is 2.80. The Morgan fingerprint density at radius 3 is 2.80 bits per heavy atom. The molecule has 1 amide bonds. The van der Waals surface area contributed by atoms with Crippen LogP contribution in [0.5, 0.6) is 0 Å². The second-order valence-corrected chi connectivity index (χ2v) is 7.01. The molecule has 0 spiro atoms. The molecule has 0 bridgehead atoms. The van der Waals surface area contributed by atoms with Gasteiger partial charge in [-0.1, -0.05) is 19.8 Å². The van der Waals surface area contributed by atoms with Gasteiger partial charge in [0.25, 0.3) is 5.91 Å². The van der Waals surface area contributed by atoms with Crippen LogP contribution in [0, 0.1) is 0 Å². The molecule has 1 saturated heterocycles. The van der Waals surface area contributed by atoms with E-state index in [-0.39, 0.29) is 5.91 Å². The van der Waals surface area contributed by atoms with Crippen LogP contribution >= 0.6 is 15.9 Å². The van der Waals surface area contributed by atoms with Crippen LogP contribution in [-0.2, 0) is 0 Å². The zero-order valence-electron chi connectivity index (χ0n) is 12.1. The van der Waals surface area contributed by atoms with Crippen molar-refractivity contribution in [2.75, 3.05) is 6.54 Å². The van der Waals surface area contributed by atoms with Crippen LogP contribution in [0.1, 0.15) is 68.4 Å². The largest absolute Gasteiger partial charge is 0.339 e. The van der Waals surface area contributed by atoms with Gasteiger partial charge < -0.3 is 9.47 Å². The fourth-order valence-electron chi connectivity index (χ4n) is 3.29. The first-order valence-corrected chi connectivity index (χ1v) is 8.68. The average Bonchev–Trinajstić information content (AvgIpc) is 3.24. The van der Waals surface area contributed by atoms with Crippen molar-refractivity contribution >= 4 is 21.8 Å². The van der Waals surface area contributed by atoms with Crippen molar-refractivity contribution in [1.29, 1.82) is 0 Å². The summed E-state index contributed by atoms with van der Waals surface area (Å²) in [7, 11) is 0. The van der Waals surface area contributed by atoms with Gasteiger partial charge in [-0.05, 0) is 54.1 Å². The zero-order chi connectivity index (χ0) is 14.1. The van der Waals surface area contributed by atoms with Gasteiger partial charge in [-0.15, -0.1) is 0 Å². The highest BCUT2D eigenvalue weighted by Crippen LogP contribution is 2.38. The summed E-state index contributed by atoms with van der Waals surface area (Å²) in [5.74, 6) is 0.233. The summed E-state index contributed by atoms with van der Waals surface area (Å²) in [6.45, 7) is 3.12. The fraction of sp³-hybridized carbons (Fsp3) is 0.688. The monoisotopic (exact) mass is 338 g/mol. The molecule has 110 valence electrons. The summed E-state index contributed by atoms with van der Waals surface area (Å²) in [6.07, 6.45) is 10.4. The van der Waals surface area contributed by atoms with Gasteiger partial charge in [-0.2, -0.15) is 0 Å². The number of nitrogens with zero attached hydrogens (tertiary/aromatic N) is 2. The van der Waals surface area contributed by atoms with Crippen LogP contribution < -0.4 is 0 Å². The van der Waals surface area contributed by atoms with E-state index in [1.165, 1.54) is 25.7 Å². The van der Waals surface area contributed by atoms with Gasteiger partial charge >= 0.3 is 0 Å². The van der Waals surface area contributed by atoms with Gasteiger partial charge in [0.05, 0.1) is 0 Å². The molecule has 2 heterocycles. The highest BCUT2D eigenvalue weighted by Gasteiger charge is 2.31. The topological polar surface area (TPSA) is 25.2 Å². The number of carbonyl (C=O) groups is 1. The molecule has 3 rings (SSSR count). The van der Waals surface area contributed by atoms with Gasteiger partial charge in [0.15, 0.2) is 0 Å². The van der Waals surface area contributed by atoms with Gasteiger partial charge in [0.1, 0.15) is 5.69 Å². The Labute approximate surface area is 129 Å². The second-order valence-electron chi connectivity index (χ2n) is 6.09. The number of amides is 1. The Hall–Kier alpha value is -0.770. The third-order valence-electron chi connectivity index (χ3n) is 4.58. The molecule has 0 radical (unpaired) electrons. The van der Waals surface area contributed by atoms with Crippen molar-refractivity contribution in [3.8, 4) is 0 Å². The summed E-state index contributed by atoms with van der Waals surface area (Å²) >= 11 is 3.53. The number of rotatable bonds is 3. The van der Waals surface area contributed by atoms with E-state index in [1.54, 1.807) is 0 Å². The maximum atomic E-state index is 13.0. The molecule has 1 unspecified atom stereocenters. The van der Waals surface area contributed by atoms with E-state index in [2.05, 4.69) is 38.5 Å². The lowest BCUT2D eigenvalue weighted by Crippen LogP contribution is -2.40. The first kappa shape index (κ1) is 14.2. The van der Waals surface area contributed by atoms with Crippen LogP contribution in [0.2, 0.25) is 0 Å². The minimum Gasteiger partial charge on any atom is -0.339 e. The molecule has 0 aromatic carbocycles. The number of aromatic nitrogens is 1. The molecule has 1 aromatic heterocycles. The molecule has 1 saturated carbocycles. The van der Waals surface area contributed by atoms with E-state index < -0.39 is 0 Å². The van der Waals surface area contributed by atoms with E-state index in [4.69, 9.17) is 0 Å². The van der Waals surface area contributed by atoms with Gasteiger partial charge in [0, 0.05) is 29.3 Å². The quantitative estimate of drug-likeness (QED) is 0.802. The van der Waals surface area contributed by atoms with Crippen molar-refractivity contribution in [3.05, 3.63) is 22.4 Å². The molecule has 1 aliphatic heterocycles. The molecule has 4 heteroatoms. The standard InChI is InChI=1S/C16H23BrN2O/c1-2-13-6-4-3-5-9-18(13)16(20)15-10-12(17)11-19(15)14-7-8-14/h10-11,13-14H,2-9H2,1H3. The first-order chi connectivity index (χ1) is 9.70. The summed E-state index contributed by atoms with van der Waals surface area (Å²) < 4.78 is 3.21. The number of carbonyl (C=O) groups excluding carboxylic acids is 1. The number of likely N-dealkylation sites (tertiary alicyclic amines) is 1. The second kappa shape index (κ2) is 5.92. The molecule has 1 aromatic rings. The van der Waals surface area contributed by atoms with E-state index in [1.807, 2.05) is 6.07 Å². The third-order valence-corrected chi connectivity index (χ3v) is 5.02. The summed E-state index contributed by atoms with van der Waals surface area (Å²) in [5.41, 5.74) is 0.875. The molecule has 3 nitrogen and oxygen atoms in total. The molecule has 1 aliphatic carbocycles. The first-order valence-electron chi connectivity index (χ1n) is 7.89. The maximum Gasteiger partial charge on any atom is 0.270 e. The summed E-state index contributed by atoms with van der Waals surface area (Å²) in [6, 6.07) is 2.97. The Morgan fingerprint density at radius 1 is 1.30 bits per heavy atom. The molecule has 20 heavy (non-hydrogen) atoms. The van der Waals surface area contributed by atoms with Crippen molar-refractivity contribution in [2.45, 2.75) is 64.0 Å². The van der Waals surface area contributed by atoms with Crippen molar-refractivity contribution in [3.63, 3.8) is 0 Å². The van der Waals surface area contributed by atoms with Crippen LogP contribution in [0.4, 0.5) is 0 Å². The molecule has 2 fully saturated rings. The Balaban J connectivity index is 1.86. The lowest BCUT2D eigenvalue weighted by atomic mass is 10.1. The van der Waals surface area contributed by atoms with E-state index >= 15 is 0 Å². The van der Waals surface area contributed by atoms with Crippen molar-refractivity contribution < 1.29 is 4.79 Å². The minimum atomic E-state index is 0.233. The zero-order valence-corrected chi connectivity index (χ0v) is 13.7. The van der Waals surface area contributed by atoms with E-state index in [0.29, 0.717) is 12.1 Å². The predicted octanol–water partition coefficient (Wildman–Crippen LogP) is 4.38. The molecular formula is C16H23BrN2O. The molecule has 2 aliphatic rings. The smallest absolute Gasteiger partial charge is 0.270 e. The average molecular weight is 339 g/mol. The Morgan fingerprint density at radius 2 is 2.10 bits per heavy atom. The van der Waals surface area contributed by atoms with Gasteiger partial charge in [-0.3, -0.25) is 4.79 Å².